The molecule has 2 unspecified atom stereocenters. The molecule has 2 aliphatic heterocycles. The molecule has 2 aliphatic rings. The quantitative estimate of drug-likeness (QED) is 0.918. The predicted octanol–water partition coefficient (Wildman–Crippen LogP) is 2.54. The Kier molecular flexibility index (Phi) is 3.94. The molecule has 3 rings (SSSR count). The van der Waals surface area contributed by atoms with Gasteiger partial charge in [0.2, 0.25) is 0 Å². The van der Waals surface area contributed by atoms with Crippen LogP contribution in [0.1, 0.15) is 24.8 Å². The highest BCUT2D eigenvalue weighted by molar-refractivity contribution is 5.37. The lowest BCUT2D eigenvalue weighted by Crippen LogP contribution is -2.43. The summed E-state index contributed by atoms with van der Waals surface area (Å²) in [7, 11) is 1.98. The fourth-order valence-corrected chi connectivity index (χ4v) is 3.54. The SMILES string of the molecule is CNCC1(CC2Cc3cc(F)ccc3O2)CCCOC1. The lowest BCUT2D eigenvalue weighted by molar-refractivity contribution is -0.0270. The van der Waals surface area contributed by atoms with Gasteiger partial charge in [-0.25, -0.2) is 4.39 Å². The zero-order chi connectivity index (χ0) is 14.0. The monoisotopic (exact) mass is 279 g/mol. The molecule has 1 saturated heterocycles. The van der Waals surface area contributed by atoms with Gasteiger partial charge in [-0.3, -0.25) is 0 Å². The fourth-order valence-electron chi connectivity index (χ4n) is 3.54. The van der Waals surface area contributed by atoms with Crippen molar-refractivity contribution in [2.45, 2.75) is 31.8 Å². The van der Waals surface area contributed by atoms with Gasteiger partial charge in [-0.1, -0.05) is 0 Å². The molecule has 4 heteroatoms. The maximum Gasteiger partial charge on any atom is 0.123 e. The van der Waals surface area contributed by atoms with Crippen molar-refractivity contribution in [3.63, 3.8) is 0 Å². The molecule has 3 nitrogen and oxygen atoms in total. The van der Waals surface area contributed by atoms with Crippen molar-refractivity contribution in [1.29, 1.82) is 0 Å². The van der Waals surface area contributed by atoms with E-state index in [9.17, 15) is 4.39 Å². The number of nitrogens with one attached hydrogen (secondary N) is 1. The highest BCUT2D eigenvalue weighted by atomic mass is 19.1. The first kappa shape index (κ1) is 13.8. The van der Waals surface area contributed by atoms with Gasteiger partial charge in [0, 0.05) is 30.6 Å². The first-order valence-corrected chi connectivity index (χ1v) is 7.38. The standard InChI is InChI=1S/C16H22FNO2/c1-18-10-16(5-2-6-19-11-16)9-14-8-12-7-13(17)3-4-15(12)20-14/h3-4,7,14,18H,2,5-6,8-11H2,1H3. The predicted molar refractivity (Wildman–Crippen MR) is 75.5 cm³/mol. The summed E-state index contributed by atoms with van der Waals surface area (Å²) < 4.78 is 24.9. The van der Waals surface area contributed by atoms with Gasteiger partial charge in [-0.2, -0.15) is 0 Å². The number of fused-ring (bicyclic) bond motifs is 1. The van der Waals surface area contributed by atoms with Crippen LogP contribution >= 0.6 is 0 Å². The van der Waals surface area contributed by atoms with Gasteiger partial charge in [0.1, 0.15) is 17.7 Å². The molecule has 0 aliphatic carbocycles. The van der Waals surface area contributed by atoms with Crippen LogP contribution in [-0.2, 0) is 11.2 Å². The number of halogens is 1. The van der Waals surface area contributed by atoms with Crippen LogP contribution in [0.5, 0.6) is 5.75 Å². The Morgan fingerprint density at radius 3 is 3.10 bits per heavy atom. The van der Waals surface area contributed by atoms with Crippen molar-refractivity contribution < 1.29 is 13.9 Å². The fraction of sp³-hybridized carbons (Fsp3) is 0.625. The first-order valence-electron chi connectivity index (χ1n) is 7.38. The third kappa shape index (κ3) is 2.81. The van der Waals surface area contributed by atoms with E-state index in [1.54, 1.807) is 12.1 Å². The summed E-state index contributed by atoms with van der Waals surface area (Å²) in [4.78, 5) is 0. The molecule has 0 radical (unpaired) electrons. The summed E-state index contributed by atoms with van der Waals surface area (Å²) in [5, 5.41) is 3.29. The third-order valence-electron chi connectivity index (χ3n) is 4.38. The van der Waals surface area contributed by atoms with Crippen molar-refractivity contribution in [2.75, 3.05) is 26.8 Å². The number of hydrogen-bond acceptors (Lipinski definition) is 3. The molecule has 110 valence electrons. The van der Waals surface area contributed by atoms with Crippen molar-refractivity contribution in [3.05, 3.63) is 29.6 Å². The molecule has 0 bridgehead atoms. The van der Waals surface area contributed by atoms with E-state index in [1.165, 1.54) is 12.5 Å². The van der Waals surface area contributed by atoms with Crippen LogP contribution in [0.15, 0.2) is 18.2 Å². The molecule has 0 saturated carbocycles. The molecule has 0 amide bonds. The second kappa shape index (κ2) is 5.70. The number of benzene rings is 1. The summed E-state index contributed by atoms with van der Waals surface area (Å²) in [5.41, 5.74) is 1.14. The van der Waals surface area contributed by atoms with E-state index < -0.39 is 0 Å². The van der Waals surface area contributed by atoms with Gasteiger partial charge in [0.05, 0.1) is 6.61 Å². The topological polar surface area (TPSA) is 30.5 Å². The van der Waals surface area contributed by atoms with E-state index in [4.69, 9.17) is 9.47 Å². The Morgan fingerprint density at radius 1 is 1.45 bits per heavy atom. The molecule has 2 atom stereocenters. The van der Waals surface area contributed by atoms with Gasteiger partial charge in [-0.15, -0.1) is 0 Å². The Labute approximate surface area is 119 Å². The maximum absolute atomic E-state index is 13.3. The summed E-state index contributed by atoms with van der Waals surface area (Å²) in [5.74, 6) is 0.659. The van der Waals surface area contributed by atoms with Gasteiger partial charge < -0.3 is 14.8 Å². The van der Waals surface area contributed by atoms with Crippen LogP contribution in [0.3, 0.4) is 0 Å². The van der Waals surface area contributed by atoms with Gasteiger partial charge >= 0.3 is 0 Å². The van der Waals surface area contributed by atoms with Gasteiger partial charge in [-0.05, 0) is 44.5 Å². The van der Waals surface area contributed by atoms with Crippen LogP contribution in [0.4, 0.5) is 4.39 Å². The van der Waals surface area contributed by atoms with Crippen LogP contribution in [-0.4, -0.2) is 32.9 Å². The van der Waals surface area contributed by atoms with E-state index in [1.807, 2.05) is 7.05 Å². The summed E-state index contributed by atoms with van der Waals surface area (Å²) >= 11 is 0. The molecular formula is C16H22FNO2. The highest BCUT2D eigenvalue weighted by Crippen LogP contribution is 2.38. The van der Waals surface area contributed by atoms with E-state index >= 15 is 0 Å². The van der Waals surface area contributed by atoms with Crippen molar-refractivity contribution in [1.82, 2.24) is 5.32 Å². The number of rotatable bonds is 4. The number of ether oxygens (including phenoxy) is 2. The molecule has 1 aromatic rings. The Hall–Kier alpha value is -1.13. The van der Waals surface area contributed by atoms with E-state index in [0.717, 1.165) is 50.3 Å². The minimum Gasteiger partial charge on any atom is -0.490 e. The van der Waals surface area contributed by atoms with Crippen LogP contribution < -0.4 is 10.1 Å². The van der Waals surface area contributed by atoms with Crippen molar-refractivity contribution in [2.24, 2.45) is 5.41 Å². The Bertz CT molecular complexity index is 466. The normalized spacial score (nSPS) is 29.0. The molecular weight excluding hydrogens is 257 g/mol. The van der Waals surface area contributed by atoms with E-state index in [-0.39, 0.29) is 17.3 Å². The number of hydrogen-bond donors (Lipinski definition) is 1. The lowest BCUT2D eigenvalue weighted by atomic mass is 9.77. The zero-order valence-corrected chi connectivity index (χ0v) is 12.0. The van der Waals surface area contributed by atoms with Crippen molar-refractivity contribution in [3.8, 4) is 5.75 Å². The lowest BCUT2D eigenvalue weighted by Gasteiger charge is -2.38. The second-order valence-electron chi connectivity index (χ2n) is 6.09. The molecule has 2 heterocycles. The molecule has 1 aromatic carbocycles. The molecule has 20 heavy (non-hydrogen) atoms. The Morgan fingerprint density at radius 2 is 2.35 bits per heavy atom. The molecule has 0 aromatic heterocycles. The third-order valence-corrected chi connectivity index (χ3v) is 4.38. The van der Waals surface area contributed by atoms with Gasteiger partial charge in [0.25, 0.3) is 0 Å². The van der Waals surface area contributed by atoms with Crippen LogP contribution in [0.2, 0.25) is 0 Å². The van der Waals surface area contributed by atoms with E-state index in [2.05, 4.69) is 5.32 Å². The summed E-state index contributed by atoms with van der Waals surface area (Å²) in [6.07, 6.45) is 4.18. The molecule has 0 spiro atoms. The average Bonchev–Trinajstić information content (AvgIpc) is 2.81. The summed E-state index contributed by atoms with van der Waals surface area (Å²) in [6.45, 7) is 2.60. The first-order chi connectivity index (χ1) is 9.71. The zero-order valence-electron chi connectivity index (χ0n) is 12.0. The molecule has 1 N–H and O–H groups in total. The summed E-state index contributed by atoms with van der Waals surface area (Å²) in [6, 6.07) is 4.80. The second-order valence-corrected chi connectivity index (χ2v) is 6.09. The largest absolute Gasteiger partial charge is 0.490 e. The Balaban J connectivity index is 1.69. The van der Waals surface area contributed by atoms with Crippen molar-refractivity contribution >= 4 is 0 Å². The van der Waals surface area contributed by atoms with Gasteiger partial charge in [0.15, 0.2) is 0 Å². The van der Waals surface area contributed by atoms with Crippen LogP contribution in [0.25, 0.3) is 0 Å². The van der Waals surface area contributed by atoms with E-state index in [0.29, 0.717) is 0 Å². The smallest absolute Gasteiger partial charge is 0.123 e. The average molecular weight is 279 g/mol. The van der Waals surface area contributed by atoms with Crippen LogP contribution in [0, 0.1) is 11.2 Å². The highest BCUT2D eigenvalue weighted by Gasteiger charge is 2.37. The maximum atomic E-state index is 13.3. The minimum atomic E-state index is -0.182. The molecule has 1 fully saturated rings. The minimum absolute atomic E-state index is 0.141.